The second-order valence-electron chi connectivity index (χ2n) is 2.55. The summed E-state index contributed by atoms with van der Waals surface area (Å²) in [5, 5.41) is 0. The first-order chi connectivity index (χ1) is 8.38. The maximum Gasteiger partial charge on any atom is 0.164 e. The van der Waals surface area contributed by atoms with Gasteiger partial charge in [-0.15, -0.1) is 0 Å². The summed E-state index contributed by atoms with van der Waals surface area (Å²) in [5.41, 5.74) is 0.0950. The molecule has 0 spiro atoms. The third-order valence-electron chi connectivity index (χ3n) is 1.86. The van der Waals surface area contributed by atoms with Gasteiger partial charge in [0.05, 0.1) is 21.3 Å². The third kappa shape index (κ3) is 1.92. The predicted octanol–water partition coefficient (Wildman–Crippen LogP) is 2.27. The summed E-state index contributed by atoms with van der Waals surface area (Å²) >= 11 is 0. The lowest BCUT2D eigenvalue weighted by molar-refractivity contribution is 0.347. The van der Waals surface area contributed by atoms with Crippen molar-refractivity contribution in [3.8, 4) is 17.2 Å². The van der Waals surface area contributed by atoms with Gasteiger partial charge in [-0.3, -0.25) is 0 Å². The molecule has 3 heteroatoms. The van der Waals surface area contributed by atoms with Crippen molar-refractivity contribution in [3.05, 3.63) is 17.7 Å². The van der Waals surface area contributed by atoms with E-state index in [0.29, 0.717) is 11.5 Å². The molecule has 14 heavy (non-hydrogen) atoms. The standard InChI is InChI=1S/C11H16O3/c1-5-8-6-10(13-3)11(14-4)7-9(8)12-2/h6-7H,5H2,1-4H3/i1D2,5D2. The van der Waals surface area contributed by atoms with Crippen LogP contribution < -0.4 is 14.2 Å². The average Bonchev–Trinajstić information content (AvgIpc) is 2.36. The first-order valence-corrected chi connectivity index (χ1v) is 4.03. The summed E-state index contributed by atoms with van der Waals surface area (Å²) in [6.45, 7) is -1.68. The van der Waals surface area contributed by atoms with Crippen molar-refractivity contribution in [1.29, 1.82) is 0 Å². The van der Waals surface area contributed by atoms with Gasteiger partial charge in [0.15, 0.2) is 11.5 Å². The van der Waals surface area contributed by atoms with E-state index in [-0.39, 0.29) is 11.3 Å². The quantitative estimate of drug-likeness (QED) is 0.746. The van der Waals surface area contributed by atoms with Gasteiger partial charge < -0.3 is 14.2 Å². The highest BCUT2D eigenvalue weighted by Crippen LogP contribution is 2.34. The third-order valence-corrected chi connectivity index (χ3v) is 1.86. The SMILES string of the molecule is [2H]C([2H])C([2H])([2H])c1cc(OC)c(OC)cc1OC. The molecule has 1 aromatic carbocycles. The van der Waals surface area contributed by atoms with Gasteiger partial charge >= 0.3 is 0 Å². The Morgan fingerprint density at radius 1 is 1.07 bits per heavy atom. The fourth-order valence-electron chi connectivity index (χ4n) is 1.14. The van der Waals surface area contributed by atoms with E-state index in [9.17, 15) is 0 Å². The van der Waals surface area contributed by atoms with Crippen LogP contribution in [0.25, 0.3) is 0 Å². The van der Waals surface area contributed by atoms with Crippen LogP contribution in [-0.2, 0) is 6.37 Å². The average molecular weight is 200 g/mol. The van der Waals surface area contributed by atoms with E-state index in [1.807, 2.05) is 0 Å². The van der Waals surface area contributed by atoms with Crippen molar-refractivity contribution in [2.24, 2.45) is 0 Å². The van der Waals surface area contributed by atoms with E-state index in [4.69, 9.17) is 19.7 Å². The fraction of sp³-hybridized carbons (Fsp3) is 0.455. The summed E-state index contributed by atoms with van der Waals surface area (Å²) in [6, 6.07) is 2.88. The summed E-state index contributed by atoms with van der Waals surface area (Å²) in [7, 11) is 4.29. The van der Waals surface area contributed by atoms with Crippen LogP contribution >= 0.6 is 0 Å². The molecule has 0 aliphatic rings. The Morgan fingerprint density at radius 2 is 1.64 bits per heavy atom. The highest BCUT2D eigenvalue weighted by molar-refractivity contribution is 5.50. The molecule has 0 fully saturated rings. The van der Waals surface area contributed by atoms with Gasteiger partial charge in [0.25, 0.3) is 0 Å². The van der Waals surface area contributed by atoms with E-state index in [0.717, 1.165) is 0 Å². The highest BCUT2D eigenvalue weighted by atomic mass is 16.5. The topological polar surface area (TPSA) is 27.7 Å². The van der Waals surface area contributed by atoms with Crippen LogP contribution in [0.2, 0.25) is 0 Å². The van der Waals surface area contributed by atoms with Crippen molar-refractivity contribution in [3.63, 3.8) is 0 Å². The van der Waals surface area contributed by atoms with Crippen molar-refractivity contribution in [2.45, 2.75) is 13.2 Å². The lowest BCUT2D eigenvalue weighted by atomic mass is 10.1. The van der Waals surface area contributed by atoms with Gasteiger partial charge in [0.2, 0.25) is 0 Å². The zero-order chi connectivity index (χ0) is 13.9. The van der Waals surface area contributed by atoms with Crippen molar-refractivity contribution < 1.29 is 19.7 Å². The number of ether oxygens (including phenoxy) is 3. The van der Waals surface area contributed by atoms with Gasteiger partial charge in [0.1, 0.15) is 5.75 Å². The predicted molar refractivity (Wildman–Crippen MR) is 55.5 cm³/mol. The van der Waals surface area contributed by atoms with E-state index in [2.05, 4.69) is 0 Å². The van der Waals surface area contributed by atoms with Crippen molar-refractivity contribution in [2.75, 3.05) is 21.3 Å². The molecule has 3 nitrogen and oxygen atoms in total. The zero-order valence-corrected chi connectivity index (χ0v) is 8.46. The Labute approximate surface area is 90.2 Å². The smallest absolute Gasteiger partial charge is 0.164 e. The molecule has 0 heterocycles. The van der Waals surface area contributed by atoms with Crippen LogP contribution in [0.15, 0.2) is 12.1 Å². The minimum atomic E-state index is -2.16. The molecule has 0 radical (unpaired) electrons. The van der Waals surface area contributed by atoms with Crippen LogP contribution in [0.3, 0.4) is 0 Å². The molecule has 0 aliphatic carbocycles. The maximum atomic E-state index is 7.78. The van der Waals surface area contributed by atoms with Gasteiger partial charge in [-0.1, -0.05) is 6.88 Å². The summed E-state index contributed by atoms with van der Waals surface area (Å²) in [4.78, 5) is 0. The molecule has 0 saturated carbocycles. The van der Waals surface area contributed by atoms with Gasteiger partial charge in [0, 0.05) is 11.5 Å². The molecule has 1 aromatic rings. The van der Waals surface area contributed by atoms with Crippen LogP contribution in [0.5, 0.6) is 17.2 Å². The Balaban J connectivity index is 3.43. The molecular formula is C11H16O3. The molecule has 1 rings (SSSR count). The first kappa shape index (κ1) is 6.17. The number of hydrogen-bond donors (Lipinski definition) is 0. The number of benzene rings is 1. The maximum absolute atomic E-state index is 7.78. The van der Waals surface area contributed by atoms with Gasteiger partial charge in [-0.05, 0) is 18.0 Å². The molecule has 0 atom stereocenters. The lowest BCUT2D eigenvalue weighted by Crippen LogP contribution is -1.96. The number of rotatable bonds is 4. The first-order valence-electron chi connectivity index (χ1n) is 6.19. The minimum absolute atomic E-state index is 0.0950. The number of aryl methyl sites for hydroxylation is 1. The Bertz CT molecular complexity index is 421. The molecule has 0 amide bonds. The minimum Gasteiger partial charge on any atom is -0.496 e. The molecular weight excluding hydrogens is 180 g/mol. The fourth-order valence-corrected chi connectivity index (χ4v) is 1.14. The molecule has 0 N–H and O–H groups in total. The zero-order valence-electron chi connectivity index (χ0n) is 12.5. The summed E-state index contributed by atoms with van der Waals surface area (Å²) < 4.78 is 45.4. The van der Waals surface area contributed by atoms with E-state index in [1.54, 1.807) is 0 Å². The molecule has 0 aromatic heterocycles. The Morgan fingerprint density at radius 3 is 2.14 bits per heavy atom. The largest absolute Gasteiger partial charge is 0.496 e. The number of hydrogen-bond acceptors (Lipinski definition) is 3. The van der Waals surface area contributed by atoms with E-state index < -0.39 is 13.2 Å². The summed E-state index contributed by atoms with van der Waals surface area (Å²) in [6.07, 6.45) is -2.16. The molecule has 0 unspecified atom stereocenters. The Hall–Kier alpha value is -1.38. The van der Waals surface area contributed by atoms with Crippen LogP contribution in [0.4, 0.5) is 0 Å². The van der Waals surface area contributed by atoms with Gasteiger partial charge in [-0.2, -0.15) is 0 Å². The molecule has 0 aliphatic heterocycles. The van der Waals surface area contributed by atoms with Crippen LogP contribution in [0.1, 0.15) is 17.9 Å². The second kappa shape index (κ2) is 4.74. The summed E-state index contributed by atoms with van der Waals surface area (Å²) in [5.74, 6) is 0.959. The van der Waals surface area contributed by atoms with E-state index >= 15 is 0 Å². The Kier molecular flexibility index (Phi) is 2.09. The molecule has 0 bridgehead atoms. The normalized spacial score (nSPS) is 15.1. The second-order valence-corrected chi connectivity index (χ2v) is 2.55. The number of methoxy groups -OCH3 is 3. The van der Waals surface area contributed by atoms with Crippen molar-refractivity contribution >= 4 is 0 Å². The van der Waals surface area contributed by atoms with Gasteiger partial charge in [-0.25, -0.2) is 0 Å². The molecule has 0 saturated heterocycles. The van der Waals surface area contributed by atoms with Crippen LogP contribution in [-0.4, -0.2) is 21.3 Å². The monoisotopic (exact) mass is 200 g/mol. The van der Waals surface area contributed by atoms with Crippen LogP contribution in [0, 0.1) is 0 Å². The highest BCUT2D eigenvalue weighted by Gasteiger charge is 2.09. The van der Waals surface area contributed by atoms with E-state index in [1.165, 1.54) is 33.5 Å². The van der Waals surface area contributed by atoms with Crippen molar-refractivity contribution in [1.82, 2.24) is 0 Å². The molecule has 78 valence electrons. The lowest BCUT2D eigenvalue weighted by Gasteiger charge is -2.12.